The SMILES string of the molecule is CCC1=C[C@H](CC)[C@@H](NC(C)=O)C(C(=O)OC)=C1C(=O)OC. The second kappa shape index (κ2) is 7.77. The van der Waals surface area contributed by atoms with Crippen LogP contribution in [0.2, 0.25) is 0 Å². The smallest absolute Gasteiger partial charge is 0.338 e. The van der Waals surface area contributed by atoms with Gasteiger partial charge in [0.15, 0.2) is 0 Å². The van der Waals surface area contributed by atoms with Crippen LogP contribution in [-0.2, 0) is 23.9 Å². The van der Waals surface area contributed by atoms with E-state index in [1.54, 1.807) is 0 Å². The minimum absolute atomic E-state index is 0.0821. The number of amides is 1. The molecule has 0 heterocycles. The molecule has 6 nitrogen and oxygen atoms in total. The summed E-state index contributed by atoms with van der Waals surface area (Å²) in [5, 5.41) is 2.75. The van der Waals surface area contributed by atoms with Crippen molar-refractivity contribution in [3.8, 4) is 0 Å². The summed E-state index contributed by atoms with van der Waals surface area (Å²) in [6, 6.07) is -0.598. The van der Waals surface area contributed by atoms with Crippen molar-refractivity contribution in [1.29, 1.82) is 0 Å². The summed E-state index contributed by atoms with van der Waals surface area (Å²) in [7, 11) is 2.51. The molecule has 2 atom stereocenters. The van der Waals surface area contributed by atoms with Crippen molar-refractivity contribution in [2.75, 3.05) is 14.2 Å². The van der Waals surface area contributed by atoms with Gasteiger partial charge in [0.1, 0.15) is 0 Å². The molecule has 1 aliphatic rings. The first kappa shape index (κ1) is 17.9. The average Bonchev–Trinajstić information content (AvgIpc) is 2.51. The Morgan fingerprint density at radius 3 is 2.14 bits per heavy atom. The van der Waals surface area contributed by atoms with Gasteiger partial charge in [-0.3, -0.25) is 4.79 Å². The number of carbonyl (C=O) groups is 3. The van der Waals surface area contributed by atoms with Gasteiger partial charge in [-0.1, -0.05) is 19.9 Å². The van der Waals surface area contributed by atoms with Gasteiger partial charge in [-0.25, -0.2) is 9.59 Å². The highest BCUT2D eigenvalue weighted by atomic mass is 16.5. The predicted octanol–water partition coefficient (Wildman–Crippen LogP) is 1.51. The van der Waals surface area contributed by atoms with Crippen LogP contribution in [0, 0.1) is 5.92 Å². The van der Waals surface area contributed by atoms with Gasteiger partial charge in [0.2, 0.25) is 5.91 Å². The van der Waals surface area contributed by atoms with E-state index in [1.807, 2.05) is 19.9 Å². The van der Waals surface area contributed by atoms with Crippen LogP contribution in [0.5, 0.6) is 0 Å². The molecular weight excluding hydrogens is 286 g/mol. The van der Waals surface area contributed by atoms with Gasteiger partial charge in [0, 0.05) is 12.8 Å². The molecule has 0 saturated carbocycles. The number of nitrogens with one attached hydrogen (secondary N) is 1. The molecule has 0 bridgehead atoms. The first-order valence-electron chi connectivity index (χ1n) is 7.30. The summed E-state index contributed by atoms with van der Waals surface area (Å²) < 4.78 is 9.64. The van der Waals surface area contributed by atoms with Gasteiger partial charge >= 0.3 is 11.9 Å². The number of esters is 2. The zero-order valence-electron chi connectivity index (χ0n) is 13.7. The zero-order valence-corrected chi connectivity index (χ0v) is 13.7. The topological polar surface area (TPSA) is 81.7 Å². The second-order valence-electron chi connectivity index (χ2n) is 5.07. The fourth-order valence-electron chi connectivity index (χ4n) is 2.71. The molecule has 1 rings (SSSR count). The molecule has 0 unspecified atom stereocenters. The quantitative estimate of drug-likeness (QED) is 0.779. The Morgan fingerprint density at radius 2 is 1.73 bits per heavy atom. The Hall–Kier alpha value is -2.11. The van der Waals surface area contributed by atoms with Crippen molar-refractivity contribution in [3.05, 3.63) is 22.8 Å². The summed E-state index contributed by atoms with van der Waals surface area (Å²) in [6.45, 7) is 5.23. The third kappa shape index (κ3) is 3.55. The lowest BCUT2D eigenvalue weighted by molar-refractivity contribution is -0.139. The Balaban J connectivity index is 3.55. The molecule has 0 aromatic rings. The number of hydrogen-bond acceptors (Lipinski definition) is 5. The molecule has 0 aromatic carbocycles. The Labute approximate surface area is 130 Å². The van der Waals surface area contributed by atoms with Gasteiger partial charge in [-0.2, -0.15) is 0 Å². The summed E-state index contributed by atoms with van der Waals surface area (Å²) in [4.78, 5) is 35.9. The molecule has 6 heteroatoms. The van der Waals surface area contributed by atoms with Crippen molar-refractivity contribution in [2.45, 2.75) is 39.7 Å². The average molecular weight is 309 g/mol. The van der Waals surface area contributed by atoms with Gasteiger partial charge < -0.3 is 14.8 Å². The highest BCUT2D eigenvalue weighted by Crippen LogP contribution is 2.34. The summed E-state index contributed by atoms with van der Waals surface area (Å²) in [5.74, 6) is -1.58. The van der Waals surface area contributed by atoms with E-state index >= 15 is 0 Å². The van der Waals surface area contributed by atoms with E-state index in [9.17, 15) is 14.4 Å². The molecule has 0 fully saturated rings. The number of carbonyl (C=O) groups excluding carboxylic acids is 3. The molecule has 22 heavy (non-hydrogen) atoms. The van der Waals surface area contributed by atoms with E-state index < -0.39 is 18.0 Å². The van der Waals surface area contributed by atoms with E-state index in [0.29, 0.717) is 12.8 Å². The van der Waals surface area contributed by atoms with E-state index in [4.69, 9.17) is 9.47 Å². The minimum atomic E-state index is -0.628. The normalized spacial score (nSPS) is 21.0. The highest BCUT2D eigenvalue weighted by Gasteiger charge is 2.38. The molecule has 1 aliphatic carbocycles. The van der Waals surface area contributed by atoms with Gasteiger partial charge in [0.25, 0.3) is 0 Å². The van der Waals surface area contributed by atoms with Crippen LogP contribution in [0.1, 0.15) is 33.6 Å². The summed E-state index contributed by atoms with van der Waals surface area (Å²) in [5.41, 5.74) is 1.09. The lowest BCUT2D eigenvalue weighted by Crippen LogP contribution is -2.45. The zero-order chi connectivity index (χ0) is 16.9. The maximum Gasteiger partial charge on any atom is 0.338 e. The highest BCUT2D eigenvalue weighted by molar-refractivity contribution is 6.05. The van der Waals surface area contributed by atoms with Gasteiger partial charge in [0.05, 0.1) is 31.4 Å². The molecule has 0 aromatic heterocycles. The van der Waals surface area contributed by atoms with E-state index in [-0.39, 0.29) is 23.0 Å². The summed E-state index contributed by atoms with van der Waals surface area (Å²) in [6.07, 6.45) is 3.22. The standard InChI is InChI=1S/C16H23NO5/c1-6-10-8-11(7-2)14(17-9(3)18)13(16(20)22-5)12(10)15(19)21-4/h8,11,14H,6-7H2,1-5H3,(H,17,18)/t11-,14+/m0/s1. The molecule has 0 saturated heterocycles. The van der Waals surface area contributed by atoms with Gasteiger partial charge in [-0.05, 0) is 18.4 Å². The number of ether oxygens (including phenoxy) is 2. The van der Waals surface area contributed by atoms with E-state index in [2.05, 4.69) is 5.32 Å². The van der Waals surface area contributed by atoms with Crippen LogP contribution in [0.25, 0.3) is 0 Å². The lowest BCUT2D eigenvalue weighted by atomic mass is 9.78. The molecule has 0 radical (unpaired) electrons. The van der Waals surface area contributed by atoms with Crippen LogP contribution in [0.3, 0.4) is 0 Å². The van der Waals surface area contributed by atoms with Crippen LogP contribution in [0.15, 0.2) is 22.8 Å². The third-order valence-electron chi connectivity index (χ3n) is 3.75. The van der Waals surface area contributed by atoms with Crippen LogP contribution in [-0.4, -0.2) is 38.1 Å². The van der Waals surface area contributed by atoms with Crippen LogP contribution >= 0.6 is 0 Å². The van der Waals surface area contributed by atoms with Crippen molar-refractivity contribution in [3.63, 3.8) is 0 Å². The molecule has 1 amide bonds. The number of methoxy groups -OCH3 is 2. The van der Waals surface area contributed by atoms with Crippen molar-refractivity contribution >= 4 is 17.8 Å². The van der Waals surface area contributed by atoms with Crippen molar-refractivity contribution < 1.29 is 23.9 Å². The van der Waals surface area contributed by atoms with Crippen molar-refractivity contribution in [2.24, 2.45) is 5.92 Å². The lowest BCUT2D eigenvalue weighted by Gasteiger charge is -2.32. The first-order chi connectivity index (χ1) is 10.4. The predicted molar refractivity (Wildman–Crippen MR) is 80.8 cm³/mol. The Kier molecular flexibility index (Phi) is 6.34. The maximum atomic E-state index is 12.2. The second-order valence-corrected chi connectivity index (χ2v) is 5.07. The monoisotopic (exact) mass is 309 g/mol. The number of rotatable bonds is 5. The molecule has 0 aliphatic heterocycles. The maximum absolute atomic E-state index is 12.2. The summed E-state index contributed by atoms with van der Waals surface area (Å²) >= 11 is 0. The molecule has 0 spiro atoms. The fourth-order valence-corrected chi connectivity index (χ4v) is 2.71. The van der Waals surface area contributed by atoms with Crippen molar-refractivity contribution in [1.82, 2.24) is 5.32 Å². The third-order valence-corrected chi connectivity index (χ3v) is 3.75. The fraction of sp³-hybridized carbons (Fsp3) is 0.562. The minimum Gasteiger partial charge on any atom is -0.466 e. The number of hydrogen-bond donors (Lipinski definition) is 1. The van der Waals surface area contributed by atoms with Crippen LogP contribution < -0.4 is 5.32 Å². The van der Waals surface area contributed by atoms with Gasteiger partial charge in [-0.15, -0.1) is 0 Å². The molecule has 1 N–H and O–H groups in total. The molecular formula is C16H23NO5. The molecule has 122 valence electrons. The Morgan fingerprint density at radius 1 is 1.14 bits per heavy atom. The largest absolute Gasteiger partial charge is 0.466 e. The van der Waals surface area contributed by atoms with E-state index in [0.717, 1.165) is 5.57 Å². The van der Waals surface area contributed by atoms with E-state index in [1.165, 1.54) is 21.1 Å². The Bertz CT molecular complexity index is 533. The van der Waals surface area contributed by atoms with Crippen LogP contribution in [0.4, 0.5) is 0 Å². The first-order valence-corrected chi connectivity index (χ1v) is 7.30.